The second kappa shape index (κ2) is 5.82. The second-order valence-corrected chi connectivity index (χ2v) is 4.02. The minimum absolute atomic E-state index is 0.128. The molecule has 0 aromatic heterocycles. The molecular formula is C12H18FNO2. The maximum absolute atomic E-state index is 12.8. The Kier molecular flexibility index (Phi) is 4.71. The molecule has 1 aromatic carbocycles. The van der Waals surface area contributed by atoms with E-state index in [0.717, 1.165) is 6.54 Å². The molecule has 3 nitrogen and oxygen atoms in total. The highest BCUT2D eigenvalue weighted by atomic mass is 19.1. The van der Waals surface area contributed by atoms with Gasteiger partial charge in [0.1, 0.15) is 23.8 Å². The fourth-order valence-corrected chi connectivity index (χ4v) is 1.24. The lowest BCUT2D eigenvalue weighted by Crippen LogP contribution is -2.42. The molecule has 0 bridgehead atoms. The van der Waals surface area contributed by atoms with Gasteiger partial charge < -0.3 is 15.2 Å². The van der Waals surface area contributed by atoms with Crippen molar-refractivity contribution >= 4 is 0 Å². The van der Waals surface area contributed by atoms with Crippen LogP contribution in [0.15, 0.2) is 24.3 Å². The topological polar surface area (TPSA) is 41.5 Å². The van der Waals surface area contributed by atoms with Gasteiger partial charge in [-0.25, -0.2) is 4.39 Å². The van der Waals surface area contributed by atoms with Gasteiger partial charge in [0.05, 0.1) is 0 Å². The average Bonchev–Trinajstić information content (AvgIpc) is 2.24. The summed E-state index contributed by atoms with van der Waals surface area (Å²) in [5.41, 5.74) is -0.956. The lowest BCUT2D eigenvalue weighted by atomic mass is 10.1. The minimum Gasteiger partial charge on any atom is -0.490 e. The first-order valence-corrected chi connectivity index (χ1v) is 5.35. The second-order valence-electron chi connectivity index (χ2n) is 4.02. The van der Waals surface area contributed by atoms with Crippen LogP contribution < -0.4 is 10.1 Å². The van der Waals surface area contributed by atoms with E-state index < -0.39 is 5.60 Å². The summed E-state index contributed by atoms with van der Waals surface area (Å²) >= 11 is 0. The van der Waals surface area contributed by atoms with E-state index in [1.54, 1.807) is 19.1 Å². The molecular weight excluding hydrogens is 209 g/mol. The summed E-state index contributed by atoms with van der Waals surface area (Å²) in [4.78, 5) is 0. The smallest absolute Gasteiger partial charge is 0.126 e. The highest BCUT2D eigenvalue weighted by molar-refractivity contribution is 5.22. The van der Waals surface area contributed by atoms with Crippen molar-refractivity contribution in [3.8, 4) is 5.75 Å². The summed E-state index contributed by atoms with van der Waals surface area (Å²) in [5, 5.41) is 12.9. The van der Waals surface area contributed by atoms with Crippen molar-refractivity contribution in [2.24, 2.45) is 0 Å². The largest absolute Gasteiger partial charge is 0.490 e. The molecule has 0 fully saturated rings. The van der Waals surface area contributed by atoms with Crippen LogP contribution in [-0.4, -0.2) is 30.4 Å². The molecule has 4 heteroatoms. The van der Waals surface area contributed by atoms with Gasteiger partial charge in [-0.2, -0.15) is 0 Å². The summed E-state index contributed by atoms with van der Waals surface area (Å²) in [6, 6.07) is 5.88. The zero-order chi connectivity index (χ0) is 12.0. The van der Waals surface area contributed by atoms with E-state index in [1.165, 1.54) is 12.1 Å². The molecule has 90 valence electrons. The predicted molar refractivity (Wildman–Crippen MR) is 61.1 cm³/mol. The van der Waals surface area contributed by atoms with Crippen LogP contribution in [0.2, 0.25) is 0 Å². The van der Waals surface area contributed by atoms with Gasteiger partial charge in [-0.3, -0.25) is 0 Å². The van der Waals surface area contributed by atoms with Crippen molar-refractivity contribution in [2.75, 3.05) is 19.7 Å². The number of hydrogen-bond donors (Lipinski definition) is 2. The maximum atomic E-state index is 12.8. The molecule has 0 saturated carbocycles. The highest BCUT2D eigenvalue weighted by Crippen LogP contribution is 2.14. The van der Waals surface area contributed by atoms with Crippen molar-refractivity contribution in [1.82, 2.24) is 5.32 Å². The molecule has 1 rings (SSSR count). The lowest BCUT2D eigenvalue weighted by Gasteiger charge is -2.23. The van der Waals surface area contributed by atoms with Gasteiger partial charge in [-0.1, -0.05) is 13.0 Å². The van der Waals surface area contributed by atoms with Gasteiger partial charge in [-0.15, -0.1) is 0 Å². The zero-order valence-corrected chi connectivity index (χ0v) is 9.66. The molecule has 0 heterocycles. The van der Waals surface area contributed by atoms with Gasteiger partial charge in [0.2, 0.25) is 0 Å². The van der Waals surface area contributed by atoms with Crippen LogP contribution in [-0.2, 0) is 0 Å². The number of aliphatic hydroxyl groups is 1. The fourth-order valence-electron chi connectivity index (χ4n) is 1.24. The summed E-state index contributed by atoms with van der Waals surface area (Å²) in [7, 11) is 0. The third kappa shape index (κ3) is 4.59. The standard InChI is InChI=1S/C12H18FNO2/c1-3-14-8-12(2,15)9-16-11-6-4-5-10(13)7-11/h4-7,14-15H,3,8-9H2,1-2H3. The first-order valence-electron chi connectivity index (χ1n) is 5.35. The van der Waals surface area contributed by atoms with Crippen LogP contribution in [0, 0.1) is 5.82 Å². The molecule has 0 aliphatic carbocycles. The van der Waals surface area contributed by atoms with E-state index >= 15 is 0 Å². The molecule has 0 spiro atoms. The number of likely N-dealkylation sites (N-methyl/N-ethyl adjacent to an activating group) is 1. The summed E-state index contributed by atoms with van der Waals surface area (Å²) in [5.74, 6) is 0.0839. The monoisotopic (exact) mass is 227 g/mol. The predicted octanol–water partition coefficient (Wildman–Crippen LogP) is 1.56. The molecule has 2 N–H and O–H groups in total. The van der Waals surface area contributed by atoms with Crippen LogP contribution in [0.25, 0.3) is 0 Å². The van der Waals surface area contributed by atoms with E-state index in [9.17, 15) is 9.50 Å². The fraction of sp³-hybridized carbons (Fsp3) is 0.500. The third-order valence-electron chi connectivity index (χ3n) is 2.10. The number of ether oxygens (including phenoxy) is 1. The Morgan fingerprint density at radius 2 is 2.25 bits per heavy atom. The molecule has 1 atom stereocenters. The summed E-state index contributed by atoms with van der Waals surface area (Å²) < 4.78 is 18.2. The van der Waals surface area contributed by atoms with Crippen LogP contribution in [0.3, 0.4) is 0 Å². The number of halogens is 1. The van der Waals surface area contributed by atoms with Crippen LogP contribution >= 0.6 is 0 Å². The molecule has 0 radical (unpaired) electrons. The van der Waals surface area contributed by atoms with Crippen LogP contribution in [0.4, 0.5) is 4.39 Å². The Hall–Kier alpha value is -1.13. The van der Waals surface area contributed by atoms with Gasteiger partial charge in [0, 0.05) is 12.6 Å². The quantitative estimate of drug-likeness (QED) is 0.775. The Balaban J connectivity index is 2.44. The van der Waals surface area contributed by atoms with Gasteiger partial charge in [-0.05, 0) is 25.6 Å². The normalized spacial score (nSPS) is 14.5. The molecule has 1 unspecified atom stereocenters. The number of nitrogens with one attached hydrogen (secondary N) is 1. The molecule has 1 aromatic rings. The summed E-state index contributed by atoms with van der Waals surface area (Å²) in [6.07, 6.45) is 0. The average molecular weight is 227 g/mol. The van der Waals surface area contributed by atoms with Gasteiger partial charge in [0.25, 0.3) is 0 Å². The van der Waals surface area contributed by atoms with Gasteiger partial charge in [0.15, 0.2) is 0 Å². The van der Waals surface area contributed by atoms with Crippen molar-refractivity contribution in [2.45, 2.75) is 19.4 Å². The first kappa shape index (κ1) is 12.9. The molecule has 0 aliphatic rings. The van der Waals surface area contributed by atoms with E-state index in [-0.39, 0.29) is 12.4 Å². The zero-order valence-electron chi connectivity index (χ0n) is 9.66. The van der Waals surface area contributed by atoms with Crippen molar-refractivity contribution in [1.29, 1.82) is 0 Å². The maximum Gasteiger partial charge on any atom is 0.126 e. The molecule has 0 saturated heterocycles. The Labute approximate surface area is 95.2 Å². The molecule has 0 aliphatic heterocycles. The van der Waals surface area contributed by atoms with Crippen molar-refractivity contribution in [3.63, 3.8) is 0 Å². The van der Waals surface area contributed by atoms with E-state index in [2.05, 4.69) is 5.32 Å². The van der Waals surface area contributed by atoms with E-state index in [1.807, 2.05) is 6.92 Å². The van der Waals surface area contributed by atoms with Gasteiger partial charge >= 0.3 is 0 Å². The summed E-state index contributed by atoms with van der Waals surface area (Å²) in [6.45, 7) is 5.00. The van der Waals surface area contributed by atoms with Crippen molar-refractivity contribution in [3.05, 3.63) is 30.1 Å². The molecule has 16 heavy (non-hydrogen) atoms. The highest BCUT2D eigenvalue weighted by Gasteiger charge is 2.20. The number of rotatable bonds is 6. The SMILES string of the molecule is CCNCC(C)(O)COc1cccc(F)c1. The minimum atomic E-state index is -0.956. The Morgan fingerprint density at radius 1 is 1.50 bits per heavy atom. The Bertz CT molecular complexity index is 329. The van der Waals surface area contributed by atoms with Crippen LogP contribution in [0.5, 0.6) is 5.75 Å². The van der Waals surface area contributed by atoms with E-state index in [0.29, 0.717) is 12.3 Å². The molecule has 0 amide bonds. The van der Waals surface area contributed by atoms with Crippen molar-refractivity contribution < 1.29 is 14.2 Å². The first-order chi connectivity index (χ1) is 7.53. The number of benzene rings is 1. The third-order valence-corrected chi connectivity index (χ3v) is 2.10. The van der Waals surface area contributed by atoms with E-state index in [4.69, 9.17) is 4.74 Å². The van der Waals surface area contributed by atoms with Crippen LogP contribution in [0.1, 0.15) is 13.8 Å². The Morgan fingerprint density at radius 3 is 2.88 bits per heavy atom. The lowest BCUT2D eigenvalue weighted by molar-refractivity contribution is 0.0126. The number of hydrogen-bond acceptors (Lipinski definition) is 3.